The van der Waals surface area contributed by atoms with Crippen LogP contribution in [-0.4, -0.2) is 68.9 Å². The van der Waals surface area contributed by atoms with Crippen molar-refractivity contribution in [2.24, 2.45) is 0 Å². The van der Waals surface area contributed by atoms with Crippen LogP contribution in [0.4, 0.5) is 0 Å². The number of ether oxygens (including phenoxy) is 6. The first-order valence-corrected chi connectivity index (χ1v) is 10.0. The van der Waals surface area contributed by atoms with Crippen LogP contribution in [0.25, 0.3) is 0 Å². The highest BCUT2D eigenvalue weighted by Crippen LogP contribution is 2.26. The van der Waals surface area contributed by atoms with Crippen molar-refractivity contribution in [3.63, 3.8) is 0 Å². The molecule has 170 valence electrons. The van der Waals surface area contributed by atoms with Crippen LogP contribution in [0.2, 0.25) is 0 Å². The van der Waals surface area contributed by atoms with Crippen molar-refractivity contribution in [2.75, 3.05) is 27.9 Å². The Bertz CT molecular complexity index is 779. The van der Waals surface area contributed by atoms with Gasteiger partial charge in [-0.2, -0.15) is 0 Å². The summed E-state index contributed by atoms with van der Waals surface area (Å²) in [6.45, 7) is 0.755. The third-order valence-electron chi connectivity index (χ3n) is 5.22. The molecule has 8 nitrogen and oxygen atoms in total. The van der Waals surface area contributed by atoms with Crippen molar-refractivity contribution in [1.82, 2.24) is 0 Å². The Balaban J connectivity index is 1.58. The van der Waals surface area contributed by atoms with Gasteiger partial charge >= 0.3 is 0 Å². The summed E-state index contributed by atoms with van der Waals surface area (Å²) in [6, 6.07) is 14.9. The molecule has 1 aliphatic heterocycles. The quantitative estimate of drug-likeness (QED) is 0.586. The highest BCUT2D eigenvalue weighted by Gasteiger charge is 2.45. The molecule has 31 heavy (non-hydrogen) atoms. The zero-order chi connectivity index (χ0) is 22.2. The Morgan fingerprint density at radius 2 is 1.32 bits per heavy atom. The Labute approximate surface area is 182 Å². The standard InChI is InChI=1S/C23H30O8/c1-26-17-8-4-15(5-9-17)12-29-14-19-21(28-3)22(20(24)23(25)31-19)30-13-16-6-10-18(27-2)11-7-16/h4-11,19-25H,12-14H2,1-3H3/t19-,20-,21+,22-,23-/m1/s1. The van der Waals surface area contributed by atoms with Gasteiger partial charge in [-0.1, -0.05) is 24.3 Å². The molecule has 0 bridgehead atoms. The molecule has 1 heterocycles. The molecular formula is C23H30O8. The fourth-order valence-electron chi connectivity index (χ4n) is 3.45. The number of methoxy groups -OCH3 is 3. The SMILES string of the molecule is COc1ccc(COC[C@H]2O[C@@H](O)[C@H](O)[C@@H](OCc3ccc(OC)cc3)[C@H]2OC)cc1. The van der Waals surface area contributed by atoms with E-state index in [-0.39, 0.29) is 13.2 Å². The highest BCUT2D eigenvalue weighted by molar-refractivity contribution is 5.27. The van der Waals surface area contributed by atoms with Gasteiger partial charge in [-0.05, 0) is 35.4 Å². The van der Waals surface area contributed by atoms with E-state index in [4.69, 9.17) is 28.4 Å². The number of aliphatic hydroxyl groups excluding tert-OH is 2. The second-order valence-corrected chi connectivity index (χ2v) is 7.24. The summed E-state index contributed by atoms with van der Waals surface area (Å²) in [5.41, 5.74) is 1.87. The largest absolute Gasteiger partial charge is 0.497 e. The first-order valence-electron chi connectivity index (χ1n) is 10.0. The lowest BCUT2D eigenvalue weighted by atomic mass is 9.98. The van der Waals surface area contributed by atoms with E-state index >= 15 is 0 Å². The molecule has 0 amide bonds. The molecule has 2 aromatic rings. The van der Waals surface area contributed by atoms with Gasteiger partial charge in [0.15, 0.2) is 6.29 Å². The fraction of sp³-hybridized carbons (Fsp3) is 0.478. The van der Waals surface area contributed by atoms with Crippen LogP contribution in [0.3, 0.4) is 0 Å². The highest BCUT2D eigenvalue weighted by atomic mass is 16.7. The van der Waals surface area contributed by atoms with Crippen LogP contribution in [0.1, 0.15) is 11.1 Å². The lowest BCUT2D eigenvalue weighted by molar-refractivity contribution is -0.302. The van der Waals surface area contributed by atoms with Crippen molar-refractivity contribution in [3.05, 3.63) is 59.7 Å². The number of rotatable bonds is 10. The maximum absolute atomic E-state index is 10.4. The maximum Gasteiger partial charge on any atom is 0.184 e. The third kappa shape index (κ3) is 6.16. The average molecular weight is 434 g/mol. The van der Waals surface area contributed by atoms with Gasteiger partial charge in [-0.25, -0.2) is 0 Å². The molecule has 5 atom stereocenters. The van der Waals surface area contributed by atoms with Gasteiger partial charge in [-0.15, -0.1) is 0 Å². The minimum absolute atomic E-state index is 0.163. The van der Waals surface area contributed by atoms with Crippen LogP contribution < -0.4 is 9.47 Å². The van der Waals surface area contributed by atoms with E-state index < -0.39 is 30.7 Å². The predicted octanol–water partition coefficient (Wildman–Crippen LogP) is 1.90. The molecule has 0 radical (unpaired) electrons. The van der Waals surface area contributed by atoms with Gasteiger partial charge in [-0.3, -0.25) is 0 Å². The summed E-state index contributed by atoms with van der Waals surface area (Å²) in [4.78, 5) is 0. The number of hydrogen-bond acceptors (Lipinski definition) is 8. The average Bonchev–Trinajstić information content (AvgIpc) is 2.81. The summed E-state index contributed by atoms with van der Waals surface area (Å²) < 4.78 is 33.1. The van der Waals surface area contributed by atoms with E-state index in [9.17, 15) is 10.2 Å². The Hall–Kier alpha value is -2.20. The van der Waals surface area contributed by atoms with Crippen molar-refractivity contribution >= 4 is 0 Å². The summed E-state index contributed by atoms with van der Waals surface area (Å²) in [5.74, 6) is 1.52. The van der Waals surface area contributed by atoms with E-state index in [1.165, 1.54) is 7.11 Å². The van der Waals surface area contributed by atoms with Crippen LogP contribution in [0, 0.1) is 0 Å². The molecule has 0 spiro atoms. The van der Waals surface area contributed by atoms with E-state index in [1.807, 2.05) is 48.5 Å². The van der Waals surface area contributed by atoms with E-state index in [0.29, 0.717) is 6.61 Å². The van der Waals surface area contributed by atoms with Gasteiger partial charge < -0.3 is 38.6 Å². The second-order valence-electron chi connectivity index (χ2n) is 7.24. The summed E-state index contributed by atoms with van der Waals surface area (Å²) >= 11 is 0. The molecule has 1 saturated heterocycles. The minimum Gasteiger partial charge on any atom is -0.497 e. The van der Waals surface area contributed by atoms with Crippen LogP contribution in [0.5, 0.6) is 11.5 Å². The first kappa shape index (κ1) is 23.5. The topological polar surface area (TPSA) is 95.8 Å². The molecule has 2 aromatic carbocycles. The van der Waals surface area contributed by atoms with E-state index in [1.54, 1.807) is 14.2 Å². The van der Waals surface area contributed by atoms with Gasteiger partial charge in [0.25, 0.3) is 0 Å². The molecular weight excluding hydrogens is 404 g/mol. The molecule has 0 saturated carbocycles. The van der Waals surface area contributed by atoms with Gasteiger partial charge in [0.2, 0.25) is 0 Å². The molecule has 8 heteroatoms. The lowest BCUT2D eigenvalue weighted by Gasteiger charge is -2.42. The molecule has 3 rings (SSSR count). The molecule has 1 aliphatic rings. The zero-order valence-corrected chi connectivity index (χ0v) is 18.0. The number of benzene rings is 2. The van der Waals surface area contributed by atoms with E-state index in [0.717, 1.165) is 22.6 Å². The maximum atomic E-state index is 10.4. The smallest absolute Gasteiger partial charge is 0.184 e. The Kier molecular flexibility index (Phi) is 8.65. The van der Waals surface area contributed by atoms with Gasteiger partial charge in [0.1, 0.15) is 35.9 Å². The molecule has 0 aromatic heterocycles. The Morgan fingerprint density at radius 1 is 0.774 bits per heavy atom. The van der Waals surface area contributed by atoms with Gasteiger partial charge in [0.05, 0.1) is 34.0 Å². The number of hydrogen-bond donors (Lipinski definition) is 2. The third-order valence-corrected chi connectivity index (χ3v) is 5.22. The minimum atomic E-state index is -1.40. The Morgan fingerprint density at radius 3 is 1.84 bits per heavy atom. The normalized spacial score (nSPS) is 25.9. The van der Waals surface area contributed by atoms with Crippen LogP contribution in [0.15, 0.2) is 48.5 Å². The van der Waals surface area contributed by atoms with Crippen molar-refractivity contribution in [1.29, 1.82) is 0 Å². The zero-order valence-electron chi connectivity index (χ0n) is 18.0. The molecule has 0 unspecified atom stereocenters. The van der Waals surface area contributed by atoms with Crippen LogP contribution in [-0.2, 0) is 32.2 Å². The monoisotopic (exact) mass is 434 g/mol. The molecule has 2 N–H and O–H groups in total. The fourth-order valence-corrected chi connectivity index (χ4v) is 3.45. The summed E-state index contributed by atoms with van der Waals surface area (Å²) in [6.07, 6.45) is -4.66. The summed E-state index contributed by atoms with van der Waals surface area (Å²) in [7, 11) is 4.73. The van der Waals surface area contributed by atoms with Crippen molar-refractivity contribution in [3.8, 4) is 11.5 Å². The molecule has 1 fully saturated rings. The van der Waals surface area contributed by atoms with Crippen molar-refractivity contribution < 1.29 is 38.6 Å². The lowest BCUT2D eigenvalue weighted by Crippen LogP contribution is -2.60. The van der Waals surface area contributed by atoms with Gasteiger partial charge in [0, 0.05) is 7.11 Å². The summed E-state index contributed by atoms with van der Waals surface area (Å²) in [5, 5.41) is 20.6. The van der Waals surface area contributed by atoms with E-state index in [2.05, 4.69) is 0 Å². The van der Waals surface area contributed by atoms with Crippen LogP contribution >= 0.6 is 0 Å². The molecule has 0 aliphatic carbocycles. The second kappa shape index (κ2) is 11.4. The first-order chi connectivity index (χ1) is 15.0. The van der Waals surface area contributed by atoms with Crippen molar-refractivity contribution in [2.45, 2.75) is 43.9 Å². The number of aliphatic hydroxyl groups is 2. The predicted molar refractivity (Wildman–Crippen MR) is 112 cm³/mol.